The van der Waals surface area contributed by atoms with Crippen molar-refractivity contribution in [1.29, 1.82) is 0 Å². The van der Waals surface area contributed by atoms with Gasteiger partial charge in [-0.25, -0.2) is 4.98 Å². The molecule has 15 heavy (non-hydrogen) atoms. The van der Waals surface area contributed by atoms with Gasteiger partial charge in [0.05, 0.1) is 24.3 Å². The van der Waals surface area contributed by atoms with Gasteiger partial charge < -0.3 is 4.74 Å². The monoisotopic (exact) mass is 209 g/mol. The van der Waals surface area contributed by atoms with E-state index in [0.717, 1.165) is 5.01 Å². The Bertz CT molecular complexity index is 392. The van der Waals surface area contributed by atoms with Gasteiger partial charge in [-0.05, 0) is 12.5 Å². The van der Waals surface area contributed by atoms with Crippen molar-refractivity contribution in [3.05, 3.63) is 22.7 Å². The highest BCUT2D eigenvalue weighted by molar-refractivity contribution is 5.91. The van der Waals surface area contributed by atoms with Crippen molar-refractivity contribution >= 4 is 11.6 Å². The number of pyridine rings is 1. The molecular formula is C9H11N3O3. The molecule has 0 saturated heterocycles. The highest BCUT2D eigenvalue weighted by Gasteiger charge is 2.15. The van der Waals surface area contributed by atoms with E-state index in [1.54, 1.807) is 13.0 Å². The van der Waals surface area contributed by atoms with E-state index in [9.17, 15) is 9.70 Å². The van der Waals surface area contributed by atoms with Crippen LogP contribution in [0.3, 0.4) is 0 Å². The SMILES string of the molecule is COc1cc(C)c(N(N=O)C(C)=O)cn1. The number of hydrogen-bond donors (Lipinski definition) is 0. The number of aromatic nitrogens is 1. The summed E-state index contributed by atoms with van der Waals surface area (Å²) in [6.45, 7) is 2.99. The van der Waals surface area contributed by atoms with Crippen LogP contribution >= 0.6 is 0 Å². The highest BCUT2D eigenvalue weighted by atomic mass is 16.5. The van der Waals surface area contributed by atoms with Crippen LogP contribution in [0.2, 0.25) is 0 Å². The van der Waals surface area contributed by atoms with Gasteiger partial charge in [-0.15, -0.1) is 4.91 Å². The first kappa shape index (κ1) is 11.1. The molecule has 0 spiro atoms. The zero-order valence-electron chi connectivity index (χ0n) is 8.72. The van der Waals surface area contributed by atoms with Crippen LogP contribution in [-0.4, -0.2) is 18.0 Å². The third kappa shape index (κ3) is 2.28. The largest absolute Gasteiger partial charge is 0.481 e. The van der Waals surface area contributed by atoms with Gasteiger partial charge in [-0.3, -0.25) is 4.79 Å². The molecule has 6 heteroatoms. The fraction of sp³-hybridized carbons (Fsp3) is 0.333. The fourth-order valence-corrected chi connectivity index (χ4v) is 1.13. The topological polar surface area (TPSA) is 71.9 Å². The Morgan fingerprint density at radius 1 is 1.60 bits per heavy atom. The summed E-state index contributed by atoms with van der Waals surface area (Å²) in [4.78, 5) is 25.4. The van der Waals surface area contributed by atoms with E-state index in [0.29, 0.717) is 17.1 Å². The van der Waals surface area contributed by atoms with Crippen LogP contribution in [0.5, 0.6) is 5.88 Å². The van der Waals surface area contributed by atoms with Gasteiger partial charge >= 0.3 is 0 Å². The lowest BCUT2D eigenvalue weighted by Gasteiger charge is -2.13. The second-order valence-electron chi connectivity index (χ2n) is 2.93. The quantitative estimate of drug-likeness (QED) is 0.557. The lowest BCUT2D eigenvalue weighted by molar-refractivity contribution is -0.116. The molecular weight excluding hydrogens is 198 g/mol. The summed E-state index contributed by atoms with van der Waals surface area (Å²) in [6.07, 6.45) is 1.37. The molecule has 1 rings (SSSR count). The Kier molecular flexibility index (Phi) is 3.33. The molecule has 0 saturated carbocycles. The molecule has 0 N–H and O–H groups in total. The van der Waals surface area contributed by atoms with E-state index in [-0.39, 0.29) is 0 Å². The first-order chi connectivity index (χ1) is 7.10. The number of carbonyl (C=O) groups is 1. The van der Waals surface area contributed by atoms with Crippen molar-refractivity contribution in [3.63, 3.8) is 0 Å². The summed E-state index contributed by atoms with van der Waals surface area (Å²) in [5, 5.41) is 3.38. The average molecular weight is 209 g/mol. The second-order valence-corrected chi connectivity index (χ2v) is 2.93. The van der Waals surface area contributed by atoms with Crippen LogP contribution < -0.4 is 9.75 Å². The van der Waals surface area contributed by atoms with Crippen molar-refractivity contribution in [2.75, 3.05) is 12.1 Å². The number of rotatable bonds is 3. The summed E-state index contributed by atoms with van der Waals surface area (Å²) in [7, 11) is 1.49. The molecule has 0 atom stereocenters. The molecule has 1 amide bonds. The Hall–Kier alpha value is -1.98. The smallest absolute Gasteiger partial charge is 0.246 e. The summed E-state index contributed by atoms with van der Waals surface area (Å²) < 4.78 is 4.90. The van der Waals surface area contributed by atoms with E-state index in [4.69, 9.17) is 4.74 Å². The van der Waals surface area contributed by atoms with Crippen molar-refractivity contribution in [3.8, 4) is 5.88 Å². The minimum absolute atomic E-state index is 0.360. The number of amides is 1. The third-order valence-corrected chi connectivity index (χ3v) is 1.88. The summed E-state index contributed by atoms with van der Waals surface area (Å²) in [5.74, 6) is -0.0364. The van der Waals surface area contributed by atoms with Gasteiger partial charge in [0.1, 0.15) is 0 Å². The highest BCUT2D eigenvalue weighted by Crippen LogP contribution is 2.22. The maximum absolute atomic E-state index is 11.1. The van der Waals surface area contributed by atoms with Gasteiger partial charge in [0.2, 0.25) is 11.8 Å². The van der Waals surface area contributed by atoms with Crippen LogP contribution in [0.4, 0.5) is 5.69 Å². The molecule has 0 fully saturated rings. The summed E-state index contributed by atoms with van der Waals surface area (Å²) >= 11 is 0. The second kappa shape index (κ2) is 4.50. The minimum Gasteiger partial charge on any atom is -0.481 e. The number of aryl methyl sites for hydroxylation is 1. The standard InChI is InChI=1S/C9H11N3O3/c1-6-4-9(15-3)10-5-8(6)12(11-14)7(2)13/h4-5H,1-3H3. The number of ether oxygens (including phenoxy) is 1. The Balaban J connectivity index is 3.14. The Morgan fingerprint density at radius 2 is 2.27 bits per heavy atom. The normalized spacial score (nSPS) is 9.53. The van der Waals surface area contributed by atoms with E-state index in [1.165, 1.54) is 20.2 Å². The molecule has 0 aliphatic heterocycles. The first-order valence-electron chi connectivity index (χ1n) is 4.24. The van der Waals surface area contributed by atoms with Crippen LogP contribution in [0.1, 0.15) is 12.5 Å². The van der Waals surface area contributed by atoms with Crippen LogP contribution in [0, 0.1) is 11.8 Å². The lowest BCUT2D eigenvalue weighted by Crippen LogP contribution is -2.22. The fourth-order valence-electron chi connectivity index (χ4n) is 1.13. The lowest BCUT2D eigenvalue weighted by atomic mass is 10.2. The molecule has 0 bridgehead atoms. The number of carbonyl (C=O) groups excluding carboxylic acids is 1. The van der Waals surface area contributed by atoms with Gasteiger partial charge in [0, 0.05) is 13.0 Å². The molecule has 0 radical (unpaired) electrons. The molecule has 1 aromatic rings. The Labute approximate surface area is 86.8 Å². The van der Waals surface area contributed by atoms with Gasteiger partial charge in [0.15, 0.2) is 0 Å². The van der Waals surface area contributed by atoms with E-state index in [1.807, 2.05) is 0 Å². The minimum atomic E-state index is -0.458. The zero-order chi connectivity index (χ0) is 11.4. The van der Waals surface area contributed by atoms with Crippen LogP contribution in [0.25, 0.3) is 0 Å². The first-order valence-corrected chi connectivity index (χ1v) is 4.24. The van der Waals surface area contributed by atoms with E-state index in [2.05, 4.69) is 10.3 Å². The maximum Gasteiger partial charge on any atom is 0.246 e. The predicted molar refractivity (Wildman–Crippen MR) is 54.5 cm³/mol. The molecule has 0 aliphatic carbocycles. The van der Waals surface area contributed by atoms with E-state index >= 15 is 0 Å². The average Bonchev–Trinajstić information content (AvgIpc) is 2.20. The van der Waals surface area contributed by atoms with Gasteiger partial charge in [0.25, 0.3) is 0 Å². The molecule has 6 nitrogen and oxygen atoms in total. The maximum atomic E-state index is 11.1. The summed E-state index contributed by atoms with van der Waals surface area (Å²) in [6, 6.07) is 1.62. The molecule has 0 aliphatic rings. The Morgan fingerprint density at radius 3 is 2.67 bits per heavy atom. The molecule has 0 aromatic carbocycles. The van der Waals surface area contributed by atoms with Crippen LogP contribution in [-0.2, 0) is 4.79 Å². The zero-order valence-corrected chi connectivity index (χ0v) is 8.72. The number of anilines is 1. The van der Waals surface area contributed by atoms with Gasteiger partial charge in [-0.2, -0.15) is 5.01 Å². The number of nitrogens with zero attached hydrogens (tertiary/aromatic N) is 3. The molecule has 1 heterocycles. The molecule has 0 unspecified atom stereocenters. The third-order valence-electron chi connectivity index (χ3n) is 1.88. The van der Waals surface area contributed by atoms with Crippen LogP contribution in [0.15, 0.2) is 17.5 Å². The summed E-state index contributed by atoms with van der Waals surface area (Å²) in [5.41, 5.74) is 1.05. The van der Waals surface area contributed by atoms with Crippen molar-refractivity contribution in [2.45, 2.75) is 13.8 Å². The number of hydrogen-bond acceptors (Lipinski definition) is 5. The van der Waals surface area contributed by atoms with Crippen molar-refractivity contribution in [2.24, 2.45) is 5.29 Å². The van der Waals surface area contributed by atoms with Crippen molar-refractivity contribution < 1.29 is 9.53 Å². The molecule has 80 valence electrons. The number of nitroso groups, excluding NO2 is 1. The van der Waals surface area contributed by atoms with Crippen molar-refractivity contribution in [1.82, 2.24) is 4.98 Å². The van der Waals surface area contributed by atoms with E-state index < -0.39 is 5.91 Å². The predicted octanol–water partition coefficient (Wildman–Crippen LogP) is 1.43. The number of methoxy groups -OCH3 is 1. The molecule has 1 aromatic heterocycles. The van der Waals surface area contributed by atoms with Gasteiger partial charge in [-0.1, -0.05) is 0 Å².